The molecule has 62 heavy (non-hydrogen) atoms. The van der Waals surface area contributed by atoms with Gasteiger partial charge in [-0.25, -0.2) is 9.59 Å². The van der Waals surface area contributed by atoms with Gasteiger partial charge in [0.05, 0.1) is 38.3 Å². The van der Waals surface area contributed by atoms with Crippen LogP contribution in [0.2, 0.25) is 0 Å². The first-order valence-corrected chi connectivity index (χ1v) is 25.2. The van der Waals surface area contributed by atoms with Crippen LogP contribution in [0.5, 0.6) is 0 Å². The van der Waals surface area contributed by atoms with Gasteiger partial charge in [0.15, 0.2) is 0 Å². The standard InChI is InChI=1S/C50H93NO11/c1-7-11-15-19-21-25-33-43(31-23-17-13-9-3)47(53)58-39-28-27-38-57-46(52)36-35-45(62-50(56)61-42-37-51(5)6)49(55)60-41-30-29-40-59-48(54)44(32-24-18-14-10-4)34-26-22-20-16-12-8-2/h43-45H,7-42H2,1-6H3. The van der Waals surface area contributed by atoms with Gasteiger partial charge in [-0.15, -0.1) is 0 Å². The summed E-state index contributed by atoms with van der Waals surface area (Å²) in [5.74, 6) is -1.73. The normalized spacial score (nSPS) is 12.7. The van der Waals surface area contributed by atoms with Crippen LogP contribution in [0.3, 0.4) is 0 Å². The van der Waals surface area contributed by atoms with Crippen molar-refractivity contribution in [3.8, 4) is 0 Å². The minimum absolute atomic E-state index is 0.0395. The molecule has 12 nitrogen and oxygen atoms in total. The first-order valence-electron chi connectivity index (χ1n) is 25.2. The molecule has 0 amide bonds. The van der Waals surface area contributed by atoms with Crippen LogP contribution in [-0.2, 0) is 47.6 Å². The summed E-state index contributed by atoms with van der Waals surface area (Å²) < 4.78 is 32.5. The zero-order chi connectivity index (χ0) is 45.9. The molecule has 0 saturated carbocycles. The van der Waals surface area contributed by atoms with Crippen LogP contribution in [0.25, 0.3) is 0 Å². The van der Waals surface area contributed by atoms with E-state index in [1.165, 1.54) is 64.2 Å². The highest BCUT2D eigenvalue weighted by molar-refractivity contribution is 5.78. The van der Waals surface area contributed by atoms with E-state index in [-0.39, 0.29) is 69.7 Å². The third-order valence-electron chi connectivity index (χ3n) is 11.2. The average molecular weight is 884 g/mol. The maximum absolute atomic E-state index is 13.0. The van der Waals surface area contributed by atoms with Gasteiger partial charge < -0.3 is 33.3 Å². The summed E-state index contributed by atoms with van der Waals surface area (Å²) in [6.07, 6.45) is 26.1. The molecular weight excluding hydrogens is 791 g/mol. The van der Waals surface area contributed by atoms with Crippen LogP contribution in [0.4, 0.5) is 4.79 Å². The number of ether oxygens (including phenoxy) is 6. The first-order chi connectivity index (χ1) is 30.1. The fourth-order valence-corrected chi connectivity index (χ4v) is 7.19. The fraction of sp³-hybridized carbons (Fsp3) is 0.900. The van der Waals surface area contributed by atoms with E-state index in [4.69, 9.17) is 28.4 Å². The number of hydrogen-bond donors (Lipinski definition) is 0. The Morgan fingerprint density at radius 2 is 0.742 bits per heavy atom. The van der Waals surface area contributed by atoms with Crippen LogP contribution in [-0.4, -0.2) is 94.7 Å². The number of hydrogen-bond acceptors (Lipinski definition) is 12. The molecule has 0 saturated heterocycles. The summed E-state index contributed by atoms with van der Waals surface area (Å²) in [5, 5.41) is 0. The Labute approximate surface area is 378 Å². The Morgan fingerprint density at radius 1 is 0.387 bits per heavy atom. The third kappa shape index (κ3) is 36.6. The van der Waals surface area contributed by atoms with Gasteiger partial charge in [-0.2, -0.15) is 0 Å². The SMILES string of the molecule is CCCCCCCCC(CCCCCC)C(=O)OCCCCOC(=O)CCC(OC(=O)OCCN(C)C)C(=O)OCCCCOC(=O)C(CCCCCC)CCCCCCCC. The van der Waals surface area contributed by atoms with Crippen molar-refractivity contribution < 1.29 is 52.4 Å². The lowest BCUT2D eigenvalue weighted by Crippen LogP contribution is -2.31. The van der Waals surface area contributed by atoms with Crippen molar-refractivity contribution in [3.63, 3.8) is 0 Å². The molecule has 0 aliphatic heterocycles. The van der Waals surface area contributed by atoms with Crippen molar-refractivity contribution in [3.05, 3.63) is 0 Å². The number of esters is 4. The fourth-order valence-electron chi connectivity index (χ4n) is 7.19. The Kier molecular flexibility index (Phi) is 41.3. The second kappa shape index (κ2) is 43.4. The van der Waals surface area contributed by atoms with E-state index in [1.807, 2.05) is 19.0 Å². The molecule has 364 valence electrons. The zero-order valence-corrected chi connectivity index (χ0v) is 40.6. The number of unbranched alkanes of at least 4 members (excludes halogenated alkanes) is 18. The molecule has 0 spiro atoms. The van der Waals surface area contributed by atoms with E-state index < -0.39 is 24.2 Å². The molecular formula is C50H93NO11. The molecule has 0 radical (unpaired) electrons. The van der Waals surface area contributed by atoms with Gasteiger partial charge in [0.25, 0.3) is 0 Å². The quantitative estimate of drug-likeness (QED) is 0.0326. The van der Waals surface area contributed by atoms with Gasteiger partial charge in [0.1, 0.15) is 6.61 Å². The predicted molar refractivity (Wildman–Crippen MR) is 247 cm³/mol. The van der Waals surface area contributed by atoms with E-state index in [1.54, 1.807) is 0 Å². The minimum atomic E-state index is -1.35. The summed E-state index contributed by atoms with van der Waals surface area (Å²) in [5.41, 5.74) is 0. The molecule has 0 fully saturated rings. The molecule has 0 aromatic heterocycles. The number of rotatable bonds is 44. The highest BCUT2D eigenvalue weighted by Crippen LogP contribution is 2.22. The van der Waals surface area contributed by atoms with Crippen LogP contribution in [0.1, 0.15) is 220 Å². The summed E-state index contributed by atoms with van der Waals surface area (Å²) in [7, 11) is 3.67. The molecule has 0 N–H and O–H groups in total. The lowest BCUT2D eigenvalue weighted by atomic mass is 9.94. The Morgan fingerprint density at radius 3 is 1.15 bits per heavy atom. The van der Waals surface area contributed by atoms with E-state index in [9.17, 15) is 24.0 Å². The van der Waals surface area contributed by atoms with Crippen LogP contribution >= 0.6 is 0 Å². The van der Waals surface area contributed by atoms with Crippen LogP contribution < -0.4 is 0 Å². The number of likely N-dealkylation sites (N-methyl/N-ethyl adjacent to an activating group) is 1. The van der Waals surface area contributed by atoms with Gasteiger partial charge in [-0.1, -0.05) is 156 Å². The molecule has 0 aliphatic carbocycles. The molecule has 3 unspecified atom stereocenters. The van der Waals surface area contributed by atoms with Crippen LogP contribution in [0.15, 0.2) is 0 Å². The summed E-state index contributed by atoms with van der Waals surface area (Å²) >= 11 is 0. The van der Waals surface area contributed by atoms with E-state index in [2.05, 4.69) is 27.7 Å². The maximum atomic E-state index is 13.0. The van der Waals surface area contributed by atoms with Gasteiger partial charge in [-0.3, -0.25) is 14.4 Å². The molecule has 0 rings (SSSR count). The van der Waals surface area contributed by atoms with Crippen molar-refractivity contribution in [1.29, 1.82) is 0 Å². The summed E-state index contributed by atoms with van der Waals surface area (Å²) in [6, 6.07) is 0. The second-order valence-corrected chi connectivity index (χ2v) is 17.4. The average Bonchev–Trinajstić information content (AvgIpc) is 3.25. The van der Waals surface area contributed by atoms with Crippen molar-refractivity contribution in [2.75, 3.05) is 53.7 Å². The largest absolute Gasteiger partial charge is 0.509 e. The van der Waals surface area contributed by atoms with Gasteiger partial charge >= 0.3 is 30.0 Å². The van der Waals surface area contributed by atoms with Gasteiger partial charge in [0, 0.05) is 19.4 Å². The molecule has 12 heteroatoms. The number of carbonyl (C=O) groups excluding carboxylic acids is 5. The molecule has 0 aromatic carbocycles. The second-order valence-electron chi connectivity index (χ2n) is 17.4. The van der Waals surface area contributed by atoms with Crippen molar-refractivity contribution in [2.24, 2.45) is 11.8 Å². The molecule has 3 atom stereocenters. The highest BCUT2D eigenvalue weighted by atomic mass is 16.7. The number of carbonyl (C=O) groups is 5. The number of nitrogens with zero attached hydrogens (tertiary/aromatic N) is 1. The van der Waals surface area contributed by atoms with E-state index in [0.29, 0.717) is 32.2 Å². The Hall–Kier alpha value is -2.89. The van der Waals surface area contributed by atoms with Crippen molar-refractivity contribution in [2.45, 2.75) is 226 Å². The van der Waals surface area contributed by atoms with E-state index in [0.717, 1.165) is 89.9 Å². The topological polar surface area (TPSA) is 144 Å². The zero-order valence-electron chi connectivity index (χ0n) is 40.6. The summed E-state index contributed by atoms with van der Waals surface area (Å²) in [6.45, 7) is 10.0. The lowest BCUT2D eigenvalue weighted by molar-refractivity contribution is -0.157. The first kappa shape index (κ1) is 59.1. The molecule has 0 bridgehead atoms. The Bertz CT molecular complexity index is 1100. The van der Waals surface area contributed by atoms with Gasteiger partial charge in [0.2, 0.25) is 6.10 Å². The van der Waals surface area contributed by atoms with Gasteiger partial charge in [-0.05, 0) is 65.5 Å². The third-order valence-corrected chi connectivity index (χ3v) is 11.2. The minimum Gasteiger partial charge on any atom is -0.466 e. The maximum Gasteiger partial charge on any atom is 0.509 e. The lowest BCUT2D eigenvalue weighted by Gasteiger charge is -2.18. The molecule has 0 heterocycles. The summed E-state index contributed by atoms with van der Waals surface area (Å²) in [4.78, 5) is 65.8. The predicted octanol–water partition coefficient (Wildman–Crippen LogP) is 12.3. The Balaban J connectivity index is 4.81. The van der Waals surface area contributed by atoms with Crippen molar-refractivity contribution in [1.82, 2.24) is 4.90 Å². The highest BCUT2D eigenvalue weighted by Gasteiger charge is 2.27. The smallest absolute Gasteiger partial charge is 0.466 e. The monoisotopic (exact) mass is 884 g/mol. The molecule has 0 aliphatic rings. The van der Waals surface area contributed by atoms with E-state index >= 15 is 0 Å². The van der Waals surface area contributed by atoms with Crippen LogP contribution in [0, 0.1) is 11.8 Å². The van der Waals surface area contributed by atoms with Crippen molar-refractivity contribution >= 4 is 30.0 Å². The molecule has 0 aromatic rings.